The van der Waals surface area contributed by atoms with E-state index in [-0.39, 0.29) is 5.82 Å². The monoisotopic (exact) mass is 415 g/mol. The van der Waals surface area contributed by atoms with Crippen molar-refractivity contribution >= 4 is 17.4 Å². The van der Waals surface area contributed by atoms with Crippen LogP contribution in [0, 0.1) is 12.7 Å². The Hall–Kier alpha value is -4.27. The number of nitrogens with zero attached hydrogens (tertiary/aromatic N) is 6. The van der Waals surface area contributed by atoms with Crippen molar-refractivity contribution in [3.63, 3.8) is 0 Å². The summed E-state index contributed by atoms with van der Waals surface area (Å²) in [5, 5.41) is 7.72. The van der Waals surface area contributed by atoms with Crippen LogP contribution in [0.3, 0.4) is 0 Å². The molecule has 154 valence electrons. The fourth-order valence-corrected chi connectivity index (χ4v) is 3.34. The molecule has 0 spiro atoms. The lowest BCUT2D eigenvalue weighted by molar-refractivity contribution is 0.413. The topological polar surface area (TPSA) is 82.2 Å². The zero-order valence-corrected chi connectivity index (χ0v) is 16.8. The van der Waals surface area contributed by atoms with E-state index in [1.165, 1.54) is 12.1 Å². The first-order valence-electron chi connectivity index (χ1n) is 9.54. The molecule has 5 aromatic rings. The van der Waals surface area contributed by atoms with Crippen molar-refractivity contribution in [1.82, 2.24) is 29.1 Å². The van der Waals surface area contributed by atoms with Gasteiger partial charge in [-0.2, -0.15) is 9.50 Å². The van der Waals surface area contributed by atoms with E-state index in [4.69, 9.17) is 4.74 Å². The van der Waals surface area contributed by atoms with Crippen LogP contribution in [-0.4, -0.2) is 36.2 Å². The first-order chi connectivity index (χ1) is 15.1. The van der Waals surface area contributed by atoms with Gasteiger partial charge >= 0.3 is 0 Å². The molecule has 0 aliphatic rings. The van der Waals surface area contributed by atoms with E-state index in [1.807, 2.05) is 42.0 Å². The summed E-state index contributed by atoms with van der Waals surface area (Å²) in [7, 11) is 1.62. The highest BCUT2D eigenvalue weighted by molar-refractivity contribution is 5.65. The second-order valence-electron chi connectivity index (χ2n) is 6.92. The van der Waals surface area contributed by atoms with E-state index >= 15 is 0 Å². The van der Waals surface area contributed by atoms with E-state index in [9.17, 15) is 4.39 Å². The van der Waals surface area contributed by atoms with Crippen molar-refractivity contribution in [2.24, 2.45) is 0 Å². The molecule has 0 radical (unpaired) electrons. The van der Waals surface area contributed by atoms with Gasteiger partial charge in [0.2, 0.25) is 5.95 Å². The molecule has 0 unspecified atom stereocenters. The van der Waals surface area contributed by atoms with Crippen LogP contribution < -0.4 is 10.1 Å². The number of anilines is 2. The van der Waals surface area contributed by atoms with Crippen molar-refractivity contribution in [1.29, 1.82) is 0 Å². The number of aromatic nitrogens is 6. The van der Waals surface area contributed by atoms with Crippen LogP contribution in [0.5, 0.6) is 5.75 Å². The minimum absolute atomic E-state index is 0.293. The lowest BCUT2D eigenvalue weighted by Gasteiger charge is -2.11. The van der Waals surface area contributed by atoms with Gasteiger partial charge in [-0.3, -0.25) is 0 Å². The lowest BCUT2D eigenvalue weighted by Crippen LogP contribution is -1.99. The molecule has 9 heteroatoms. The summed E-state index contributed by atoms with van der Waals surface area (Å²) in [6.07, 6.45) is 5.32. The first kappa shape index (κ1) is 18.7. The van der Waals surface area contributed by atoms with E-state index in [1.54, 1.807) is 36.3 Å². The predicted molar refractivity (Wildman–Crippen MR) is 114 cm³/mol. The second kappa shape index (κ2) is 7.52. The van der Waals surface area contributed by atoms with Crippen molar-refractivity contribution in [3.8, 4) is 22.7 Å². The average Bonchev–Trinajstić information content (AvgIpc) is 3.39. The summed E-state index contributed by atoms with van der Waals surface area (Å²) < 4.78 is 22.4. The minimum Gasteiger partial charge on any atom is -0.494 e. The van der Waals surface area contributed by atoms with Gasteiger partial charge < -0.3 is 14.6 Å². The quantitative estimate of drug-likeness (QED) is 0.464. The maximum atomic E-state index is 13.3. The van der Waals surface area contributed by atoms with Gasteiger partial charge in [-0.1, -0.05) is 0 Å². The minimum atomic E-state index is -0.293. The maximum absolute atomic E-state index is 13.3. The molecule has 2 aromatic carbocycles. The van der Waals surface area contributed by atoms with Crippen LogP contribution in [0.15, 0.2) is 67.3 Å². The maximum Gasteiger partial charge on any atom is 0.254 e. The molecule has 0 bridgehead atoms. The Kier molecular flexibility index (Phi) is 4.55. The highest BCUT2D eigenvalue weighted by atomic mass is 19.1. The van der Waals surface area contributed by atoms with E-state index in [0.29, 0.717) is 17.5 Å². The third-order valence-corrected chi connectivity index (χ3v) is 4.81. The van der Waals surface area contributed by atoms with Crippen LogP contribution in [-0.2, 0) is 0 Å². The van der Waals surface area contributed by atoms with Gasteiger partial charge in [-0.05, 0) is 49.4 Å². The Labute approximate surface area is 177 Å². The summed E-state index contributed by atoms with van der Waals surface area (Å²) in [6.45, 7) is 1.93. The summed E-state index contributed by atoms with van der Waals surface area (Å²) in [5.74, 6) is 1.20. The zero-order valence-electron chi connectivity index (χ0n) is 16.8. The number of halogens is 1. The van der Waals surface area contributed by atoms with Gasteiger partial charge in [0.1, 0.15) is 11.6 Å². The van der Waals surface area contributed by atoms with Crippen LogP contribution in [0.1, 0.15) is 5.69 Å². The molecule has 0 fully saturated rings. The molecule has 0 saturated heterocycles. The van der Waals surface area contributed by atoms with Crippen LogP contribution >= 0.6 is 0 Å². The smallest absolute Gasteiger partial charge is 0.254 e. The third kappa shape index (κ3) is 3.57. The molecule has 0 saturated carbocycles. The van der Waals surface area contributed by atoms with Gasteiger partial charge in [0, 0.05) is 29.7 Å². The highest BCUT2D eigenvalue weighted by Gasteiger charge is 2.12. The summed E-state index contributed by atoms with van der Waals surface area (Å²) >= 11 is 0. The number of nitrogens with one attached hydrogen (secondary N) is 1. The molecular weight excluding hydrogens is 397 g/mol. The Morgan fingerprint density at radius 2 is 1.87 bits per heavy atom. The highest BCUT2D eigenvalue weighted by Crippen LogP contribution is 2.28. The van der Waals surface area contributed by atoms with E-state index < -0.39 is 0 Å². The molecule has 1 N–H and O–H groups in total. The molecule has 5 rings (SSSR count). The predicted octanol–water partition coefficient (Wildman–Crippen LogP) is 4.18. The van der Waals surface area contributed by atoms with Crippen LogP contribution in [0.4, 0.5) is 16.0 Å². The number of hydrogen-bond acceptors (Lipinski definition) is 6. The Morgan fingerprint density at radius 1 is 1.03 bits per heavy atom. The van der Waals surface area contributed by atoms with Gasteiger partial charge in [0.05, 0.1) is 30.5 Å². The number of imidazole rings is 1. The SMILES string of the molecule is COc1cc(Nc2nc3nccc(-c4ccc(F)cc4)n3n2)ccc1-n1cnc(C)c1. The van der Waals surface area contributed by atoms with E-state index in [0.717, 1.165) is 28.3 Å². The standard InChI is InChI=1S/C22H18FN7O/c1-14-12-29(13-25-14)19-8-7-17(11-20(19)31-2)26-21-27-22-24-10-9-18(30(22)28-21)15-3-5-16(23)6-4-15/h3-13H,1-2H3,(H,26,28). The molecule has 3 heterocycles. The number of ether oxygens (including phenoxy) is 1. The molecule has 0 aliphatic carbocycles. The first-order valence-corrected chi connectivity index (χ1v) is 9.54. The van der Waals surface area contributed by atoms with Crippen molar-refractivity contribution < 1.29 is 9.13 Å². The molecule has 31 heavy (non-hydrogen) atoms. The van der Waals surface area contributed by atoms with Crippen LogP contribution in [0.2, 0.25) is 0 Å². The fourth-order valence-electron chi connectivity index (χ4n) is 3.34. The van der Waals surface area contributed by atoms with Crippen molar-refractivity contribution in [2.45, 2.75) is 6.92 Å². The molecule has 0 aliphatic heterocycles. The number of hydrogen-bond donors (Lipinski definition) is 1. The number of rotatable bonds is 5. The zero-order chi connectivity index (χ0) is 21.4. The summed E-state index contributed by atoms with van der Waals surface area (Å²) in [5.41, 5.74) is 4.12. The van der Waals surface area contributed by atoms with Gasteiger partial charge in [-0.15, -0.1) is 5.10 Å². The second-order valence-corrected chi connectivity index (χ2v) is 6.92. The normalized spacial score (nSPS) is 11.1. The number of fused-ring (bicyclic) bond motifs is 1. The summed E-state index contributed by atoms with van der Waals surface area (Å²) in [6, 6.07) is 13.7. The Morgan fingerprint density at radius 3 is 2.61 bits per heavy atom. The van der Waals surface area contributed by atoms with E-state index in [2.05, 4.69) is 25.4 Å². The molecule has 0 atom stereocenters. The number of aryl methyl sites for hydroxylation is 1. The van der Waals surface area contributed by atoms with Crippen molar-refractivity contribution in [3.05, 3.63) is 78.8 Å². The Bertz CT molecular complexity index is 1370. The van der Waals surface area contributed by atoms with Gasteiger partial charge in [0.15, 0.2) is 0 Å². The van der Waals surface area contributed by atoms with Gasteiger partial charge in [0.25, 0.3) is 5.78 Å². The molecule has 0 amide bonds. The van der Waals surface area contributed by atoms with Crippen molar-refractivity contribution in [2.75, 3.05) is 12.4 Å². The average molecular weight is 415 g/mol. The number of methoxy groups -OCH3 is 1. The Balaban J connectivity index is 1.48. The van der Waals surface area contributed by atoms with Crippen LogP contribution in [0.25, 0.3) is 22.7 Å². The third-order valence-electron chi connectivity index (χ3n) is 4.81. The summed E-state index contributed by atoms with van der Waals surface area (Å²) in [4.78, 5) is 13.0. The van der Waals surface area contributed by atoms with Gasteiger partial charge in [-0.25, -0.2) is 14.4 Å². The number of benzene rings is 2. The lowest BCUT2D eigenvalue weighted by atomic mass is 10.1. The largest absolute Gasteiger partial charge is 0.494 e. The fraction of sp³-hybridized carbons (Fsp3) is 0.0909. The molecular formula is C22H18FN7O. The molecule has 8 nitrogen and oxygen atoms in total. The molecule has 3 aromatic heterocycles.